The Balaban J connectivity index is 1.80. The van der Waals surface area contributed by atoms with Gasteiger partial charge in [0.15, 0.2) is 5.78 Å². The van der Waals surface area contributed by atoms with Crippen molar-refractivity contribution in [3.63, 3.8) is 0 Å². The number of aromatic hydroxyl groups is 1. The molecular weight excluding hydrogens is 616 g/mol. The molecule has 246 valence electrons. The van der Waals surface area contributed by atoms with E-state index < -0.39 is 71.9 Å². The average molecular weight is 655 g/mol. The summed E-state index contributed by atoms with van der Waals surface area (Å²) in [6.45, 7) is 1.00. The number of carbonyl (C=O) groups is 7. The van der Waals surface area contributed by atoms with Gasteiger partial charge in [0.1, 0.15) is 29.9 Å². The van der Waals surface area contributed by atoms with Crippen molar-refractivity contribution in [2.45, 2.75) is 56.8 Å². The van der Waals surface area contributed by atoms with Gasteiger partial charge in [-0.15, -0.1) is 11.8 Å². The van der Waals surface area contributed by atoms with Crippen LogP contribution in [0, 0.1) is 0 Å². The van der Waals surface area contributed by atoms with Gasteiger partial charge in [-0.2, -0.15) is 0 Å². The normalized spacial score (nSPS) is 23.1. The molecule has 1 aliphatic heterocycles. The predicted molar refractivity (Wildman–Crippen MR) is 169 cm³/mol. The predicted octanol–water partition coefficient (Wildman–Crippen LogP) is -1.17. The Hall–Kier alpha value is -4.92. The van der Waals surface area contributed by atoms with E-state index >= 15 is 0 Å². The zero-order valence-corrected chi connectivity index (χ0v) is 26.1. The van der Waals surface area contributed by atoms with E-state index in [9.17, 15) is 38.7 Å². The number of carbonyl (C=O) groups excluding carboxylic acids is 7. The van der Waals surface area contributed by atoms with Gasteiger partial charge in [-0.25, -0.2) is 0 Å². The second-order valence-electron chi connectivity index (χ2n) is 10.8. The van der Waals surface area contributed by atoms with Crippen LogP contribution in [0.2, 0.25) is 0 Å². The molecule has 15 heteroatoms. The van der Waals surface area contributed by atoms with Gasteiger partial charge >= 0.3 is 0 Å². The number of thioether (sulfide) groups is 1. The molecule has 1 heterocycles. The van der Waals surface area contributed by atoms with Crippen LogP contribution < -0.4 is 32.3 Å². The molecule has 8 N–H and O–H groups in total. The van der Waals surface area contributed by atoms with Crippen molar-refractivity contribution in [2.24, 2.45) is 5.73 Å². The molecule has 0 spiro atoms. The molecule has 0 radical (unpaired) electrons. The Bertz CT molecular complexity index is 1420. The standard InChI is InChI=1S/C31H38N6O8S/c1-18-29(43)36-23(14-20-7-9-21(38)10-8-20)30(44)33-15-22(39)11-12-26(40)35-24(13-19-5-3-2-4-6-19)31(45)37-25(28(32)42)16-46-17-27(41)34-18/h2-10,18,23-25,38H,11-17H2,1H3,(H2,32,42)(H,33,44)(H,34,41)(H,35,40)(H,36,43)(H,37,45)/t18-,23+,24+,25-/m0/s1. The number of primary amides is 1. The molecule has 2 aromatic carbocycles. The maximum absolute atomic E-state index is 13.2. The molecule has 0 unspecified atom stereocenters. The summed E-state index contributed by atoms with van der Waals surface area (Å²) in [7, 11) is 0. The Labute approximate surface area is 270 Å². The summed E-state index contributed by atoms with van der Waals surface area (Å²) < 4.78 is 0. The lowest BCUT2D eigenvalue weighted by Crippen LogP contribution is -2.54. The minimum atomic E-state index is -1.17. The fourth-order valence-corrected chi connectivity index (χ4v) is 5.30. The first kappa shape index (κ1) is 35.6. The number of ketones is 1. The topological polar surface area (TPSA) is 226 Å². The largest absolute Gasteiger partial charge is 0.508 e. The average Bonchev–Trinajstić information content (AvgIpc) is 3.02. The number of phenolic OH excluding ortho intramolecular Hbond substituents is 1. The van der Waals surface area contributed by atoms with Gasteiger partial charge in [-0.1, -0.05) is 42.5 Å². The molecule has 1 saturated heterocycles. The molecule has 0 saturated carbocycles. The van der Waals surface area contributed by atoms with Gasteiger partial charge in [0.2, 0.25) is 35.4 Å². The highest BCUT2D eigenvalue weighted by atomic mass is 32.2. The molecule has 4 atom stereocenters. The van der Waals surface area contributed by atoms with Crippen LogP contribution in [0.1, 0.15) is 30.9 Å². The molecule has 3 rings (SSSR count). The number of amides is 6. The number of Topliss-reactive ketones (excluding diaryl/α,β-unsaturated/α-hetero) is 1. The van der Waals surface area contributed by atoms with E-state index in [2.05, 4.69) is 26.6 Å². The number of phenols is 1. The Morgan fingerprint density at radius 2 is 1.41 bits per heavy atom. The van der Waals surface area contributed by atoms with Crippen molar-refractivity contribution >= 4 is 53.0 Å². The molecule has 14 nitrogen and oxygen atoms in total. The van der Waals surface area contributed by atoms with Gasteiger partial charge in [-0.3, -0.25) is 33.6 Å². The van der Waals surface area contributed by atoms with Gasteiger partial charge < -0.3 is 37.4 Å². The smallest absolute Gasteiger partial charge is 0.243 e. The van der Waals surface area contributed by atoms with Crippen molar-refractivity contribution in [2.75, 3.05) is 18.1 Å². The molecule has 0 aromatic heterocycles. The zero-order chi connectivity index (χ0) is 33.6. The van der Waals surface area contributed by atoms with Crippen LogP contribution in [0.4, 0.5) is 0 Å². The lowest BCUT2D eigenvalue weighted by atomic mass is 10.0. The summed E-state index contributed by atoms with van der Waals surface area (Å²) in [5.74, 6) is -4.72. The highest BCUT2D eigenvalue weighted by molar-refractivity contribution is 8.00. The monoisotopic (exact) mass is 654 g/mol. The third kappa shape index (κ3) is 11.9. The minimum Gasteiger partial charge on any atom is -0.508 e. The van der Waals surface area contributed by atoms with Crippen molar-refractivity contribution in [1.29, 1.82) is 0 Å². The lowest BCUT2D eigenvalue weighted by molar-refractivity contribution is -0.132. The van der Waals surface area contributed by atoms with Crippen LogP contribution in [-0.2, 0) is 46.4 Å². The summed E-state index contributed by atoms with van der Waals surface area (Å²) in [5, 5.41) is 22.3. The van der Waals surface area contributed by atoms with Gasteiger partial charge in [0, 0.05) is 31.4 Å². The van der Waals surface area contributed by atoms with E-state index in [-0.39, 0.29) is 42.9 Å². The lowest BCUT2D eigenvalue weighted by Gasteiger charge is -2.22. The summed E-state index contributed by atoms with van der Waals surface area (Å²) in [4.78, 5) is 89.4. The third-order valence-corrected chi connectivity index (χ3v) is 8.02. The first-order valence-corrected chi connectivity index (χ1v) is 15.7. The number of nitrogens with one attached hydrogen (secondary N) is 5. The first-order chi connectivity index (χ1) is 21.9. The second kappa shape index (κ2) is 17.5. The van der Waals surface area contributed by atoms with E-state index in [1.54, 1.807) is 42.5 Å². The summed E-state index contributed by atoms with van der Waals surface area (Å²) in [6.07, 6.45) is -0.417. The fraction of sp³-hybridized carbons (Fsp3) is 0.387. The van der Waals surface area contributed by atoms with E-state index in [0.29, 0.717) is 5.56 Å². The van der Waals surface area contributed by atoms with Crippen molar-refractivity contribution in [1.82, 2.24) is 26.6 Å². The number of benzene rings is 2. The summed E-state index contributed by atoms with van der Waals surface area (Å²) in [6, 6.07) is 10.4. The quantitative estimate of drug-likeness (QED) is 0.206. The van der Waals surface area contributed by atoms with E-state index in [4.69, 9.17) is 5.73 Å². The molecule has 46 heavy (non-hydrogen) atoms. The van der Waals surface area contributed by atoms with Gasteiger partial charge in [0.05, 0.1) is 12.3 Å². The highest BCUT2D eigenvalue weighted by Gasteiger charge is 2.28. The molecule has 1 aliphatic rings. The van der Waals surface area contributed by atoms with Crippen LogP contribution >= 0.6 is 11.8 Å². The van der Waals surface area contributed by atoms with E-state index in [1.165, 1.54) is 19.1 Å². The number of nitrogens with two attached hydrogens (primary N) is 1. The number of hydrogen-bond acceptors (Lipinski definition) is 9. The summed E-state index contributed by atoms with van der Waals surface area (Å²) in [5.41, 5.74) is 6.85. The Morgan fingerprint density at radius 3 is 2.07 bits per heavy atom. The summed E-state index contributed by atoms with van der Waals surface area (Å²) >= 11 is 0.996. The molecule has 1 fully saturated rings. The third-order valence-electron chi connectivity index (χ3n) is 6.98. The number of hydrogen-bond donors (Lipinski definition) is 7. The van der Waals surface area contributed by atoms with Crippen molar-refractivity contribution in [3.8, 4) is 5.75 Å². The highest BCUT2D eigenvalue weighted by Crippen LogP contribution is 2.12. The second-order valence-corrected chi connectivity index (χ2v) is 11.8. The van der Waals surface area contributed by atoms with Crippen LogP contribution in [0.15, 0.2) is 54.6 Å². The van der Waals surface area contributed by atoms with Crippen molar-refractivity contribution in [3.05, 3.63) is 65.7 Å². The zero-order valence-electron chi connectivity index (χ0n) is 25.2. The van der Waals surface area contributed by atoms with Crippen molar-refractivity contribution < 1.29 is 38.7 Å². The SMILES string of the molecule is C[C@@H]1NC(=O)CSC[C@@H](C(N)=O)NC(=O)[C@@H](Cc2ccccc2)NC(=O)CCC(=O)CNC(=O)[C@@H](Cc2ccc(O)cc2)NC1=O. The Morgan fingerprint density at radius 1 is 0.783 bits per heavy atom. The van der Waals surface area contributed by atoms with E-state index in [0.717, 1.165) is 17.3 Å². The maximum atomic E-state index is 13.2. The maximum Gasteiger partial charge on any atom is 0.243 e. The molecule has 2 aromatic rings. The van der Waals surface area contributed by atoms with Crippen LogP contribution in [0.25, 0.3) is 0 Å². The van der Waals surface area contributed by atoms with Gasteiger partial charge in [-0.05, 0) is 30.2 Å². The molecular formula is C31H38N6O8S. The fourth-order valence-electron chi connectivity index (χ4n) is 4.43. The minimum absolute atomic E-state index is 0.0154. The number of rotatable bonds is 5. The Kier molecular flexibility index (Phi) is 13.6. The van der Waals surface area contributed by atoms with Crippen LogP contribution in [0.5, 0.6) is 5.75 Å². The molecule has 0 aliphatic carbocycles. The first-order valence-electron chi connectivity index (χ1n) is 14.6. The van der Waals surface area contributed by atoms with Crippen LogP contribution in [-0.4, -0.2) is 88.6 Å². The molecule has 6 amide bonds. The molecule has 0 bridgehead atoms. The van der Waals surface area contributed by atoms with E-state index in [1.807, 2.05) is 0 Å². The van der Waals surface area contributed by atoms with Crippen LogP contribution in [0.3, 0.4) is 0 Å². The van der Waals surface area contributed by atoms with Gasteiger partial charge in [0.25, 0.3) is 0 Å².